The molecule has 0 amide bonds. The molecular formula is C12H16N2O2S. The zero-order chi connectivity index (χ0) is 12.3. The summed E-state index contributed by atoms with van der Waals surface area (Å²) in [5.41, 5.74) is 0. The van der Waals surface area contributed by atoms with Gasteiger partial charge in [0, 0.05) is 17.6 Å². The van der Waals surface area contributed by atoms with E-state index in [2.05, 4.69) is 16.9 Å². The van der Waals surface area contributed by atoms with Gasteiger partial charge < -0.3 is 5.11 Å². The van der Waals surface area contributed by atoms with Gasteiger partial charge in [0.25, 0.3) is 0 Å². The first-order valence-electron chi connectivity index (χ1n) is 5.82. The summed E-state index contributed by atoms with van der Waals surface area (Å²) in [6.07, 6.45) is 7.69. The van der Waals surface area contributed by atoms with Crippen molar-refractivity contribution in [2.24, 2.45) is 11.8 Å². The molecule has 1 aliphatic rings. The molecule has 1 N–H and O–H groups in total. The molecule has 3 unspecified atom stereocenters. The van der Waals surface area contributed by atoms with Gasteiger partial charge >= 0.3 is 5.97 Å². The number of nitrogens with zero attached hydrogens (tertiary/aromatic N) is 2. The van der Waals surface area contributed by atoms with Gasteiger partial charge in [-0.3, -0.25) is 9.78 Å². The highest BCUT2D eigenvalue weighted by atomic mass is 32.2. The molecule has 4 nitrogen and oxygen atoms in total. The van der Waals surface area contributed by atoms with Crippen molar-refractivity contribution in [2.45, 2.75) is 36.5 Å². The van der Waals surface area contributed by atoms with E-state index in [0.29, 0.717) is 5.92 Å². The summed E-state index contributed by atoms with van der Waals surface area (Å²) in [5, 5.41) is 10.2. The summed E-state index contributed by atoms with van der Waals surface area (Å²) >= 11 is 1.55. The van der Waals surface area contributed by atoms with Crippen molar-refractivity contribution < 1.29 is 9.90 Å². The number of aliphatic carboxylic acids is 1. The van der Waals surface area contributed by atoms with Crippen molar-refractivity contribution in [3.05, 3.63) is 18.6 Å². The minimum atomic E-state index is -0.682. The number of carboxylic acids is 1. The van der Waals surface area contributed by atoms with E-state index in [1.165, 1.54) is 0 Å². The average Bonchev–Trinajstić information content (AvgIpc) is 2.30. The fraction of sp³-hybridized carbons (Fsp3) is 0.583. The van der Waals surface area contributed by atoms with Crippen LogP contribution in [0.5, 0.6) is 0 Å². The number of hydrogen-bond donors (Lipinski definition) is 1. The standard InChI is InChI=1S/C12H16N2O2S/c1-8-2-3-9(12(15)16)10(6-8)17-11-7-13-4-5-14-11/h4-5,7-10H,2-3,6H2,1H3,(H,15,16). The van der Waals surface area contributed by atoms with E-state index in [-0.39, 0.29) is 11.2 Å². The Labute approximate surface area is 105 Å². The lowest BCUT2D eigenvalue weighted by Crippen LogP contribution is -2.32. The van der Waals surface area contributed by atoms with Crippen molar-refractivity contribution in [3.8, 4) is 0 Å². The molecule has 1 saturated carbocycles. The number of hydrogen-bond acceptors (Lipinski definition) is 4. The first-order valence-corrected chi connectivity index (χ1v) is 6.70. The summed E-state index contributed by atoms with van der Waals surface area (Å²) in [6, 6.07) is 0. The van der Waals surface area contributed by atoms with Crippen LogP contribution >= 0.6 is 11.8 Å². The molecule has 1 heterocycles. The van der Waals surface area contributed by atoms with Crippen molar-refractivity contribution >= 4 is 17.7 Å². The maximum absolute atomic E-state index is 11.2. The third-order valence-electron chi connectivity index (χ3n) is 3.18. The second-order valence-corrected chi connectivity index (χ2v) is 5.82. The minimum absolute atomic E-state index is 0.118. The molecule has 0 aromatic carbocycles. The molecule has 1 aromatic heterocycles. The fourth-order valence-electron chi connectivity index (χ4n) is 2.24. The molecule has 0 bridgehead atoms. The topological polar surface area (TPSA) is 63.1 Å². The van der Waals surface area contributed by atoms with Gasteiger partial charge in [-0.05, 0) is 25.2 Å². The lowest BCUT2D eigenvalue weighted by Gasteiger charge is -2.31. The molecule has 0 spiro atoms. The first-order chi connectivity index (χ1) is 8.16. The summed E-state index contributed by atoms with van der Waals surface area (Å²) in [5.74, 6) is -0.337. The van der Waals surface area contributed by atoms with Gasteiger partial charge in [0.2, 0.25) is 0 Å². The van der Waals surface area contributed by atoms with E-state index < -0.39 is 5.97 Å². The van der Waals surface area contributed by atoms with Gasteiger partial charge in [-0.2, -0.15) is 0 Å². The maximum atomic E-state index is 11.2. The lowest BCUT2D eigenvalue weighted by atomic mass is 9.82. The molecule has 1 aromatic rings. The summed E-state index contributed by atoms with van der Waals surface area (Å²) in [4.78, 5) is 19.4. The van der Waals surface area contributed by atoms with Gasteiger partial charge in [0.1, 0.15) is 5.03 Å². The molecule has 1 aliphatic carbocycles. The Morgan fingerprint density at radius 2 is 2.29 bits per heavy atom. The van der Waals surface area contributed by atoms with Crippen molar-refractivity contribution in [2.75, 3.05) is 0 Å². The van der Waals surface area contributed by atoms with Crippen LogP contribution in [0.25, 0.3) is 0 Å². The van der Waals surface area contributed by atoms with Crippen molar-refractivity contribution in [1.82, 2.24) is 9.97 Å². The molecular weight excluding hydrogens is 236 g/mol. The Morgan fingerprint density at radius 1 is 1.47 bits per heavy atom. The zero-order valence-corrected chi connectivity index (χ0v) is 10.6. The van der Waals surface area contributed by atoms with Gasteiger partial charge in [0.15, 0.2) is 0 Å². The van der Waals surface area contributed by atoms with Crippen LogP contribution in [-0.4, -0.2) is 26.3 Å². The Bertz CT molecular complexity index is 385. The quantitative estimate of drug-likeness (QED) is 0.895. The Kier molecular flexibility index (Phi) is 3.99. The van der Waals surface area contributed by atoms with Crippen LogP contribution in [0.4, 0.5) is 0 Å². The van der Waals surface area contributed by atoms with Crippen LogP contribution in [0.15, 0.2) is 23.6 Å². The van der Waals surface area contributed by atoms with Crippen LogP contribution in [0.2, 0.25) is 0 Å². The SMILES string of the molecule is CC1CCC(C(=O)O)C(Sc2cnccn2)C1. The van der Waals surface area contributed by atoms with Crippen LogP contribution in [0.3, 0.4) is 0 Å². The largest absolute Gasteiger partial charge is 0.481 e. The molecule has 5 heteroatoms. The molecule has 1 fully saturated rings. The molecule has 3 atom stereocenters. The zero-order valence-electron chi connectivity index (χ0n) is 9.74. The van der Waals surface area contributed by atoms with Crippen LogP contribution in [0, 0.1) is 11.8 Å². The van der Waals surface area contributed by atoms with Crippen molar-refractivity contribution in [3.63, 3.8) is 0 Å². The molecule has 0 radical (unpaired) electrons. The van der Waals surface area contributed by atoms with Gasteiger partial charge in [-0.25, -0.2) is 4.98 Å². The Balaban J connectivity index is 2.08. The third kappa shape index (κ3) is 3.19. The molecule has 92 valence electrons. The summed E-state index contributed by atoms with van der Waals surface area (Å²) < 4.78 is 0. The first kappa shape index (κ1) is 12.4. The van der Waals surface area contributed by atoms with Crippen LogP contribution in [0.1, 0.15) is 26.2 Å². The monoisotopic (exact) mass is 252 g/mol. The fourth-order valence-corrected chi connectivity index (χ4v) is 3.64. The number of carbonyl (C=O) groups is 1. The number of aromatic nitrogens is 2. The van der Waals surface area contributed by atoms with Gasteiger partial charge in [-0.15, -0.1) is 11.8 Å². The minimum Gasteiger partial charge on any atom is -0.481 e. The Hall–Kier alpha value is -1.10. The second-order valence-electron chi connectivity index (χ2n) is 4.56. The summed E-state index contributed by atoms with van der Waals surface area (Å²) in [7, 11) is 0. The smallest absolute Gasteiger partial charge is 0.307 e. The average molecular weight is 252 g/mol. The molecule has 17 heavy (non-hydrogen) atoms. The normalized spacial score (nSPS) is 28.9. The maximum Gasteiger partial charge on any atom is 0.307 e. The predicted molar refractivity (Wildman–Crippen MR) is 65.8 cm³/mol. The molecule has 2 rings (SSSR count). The van der Waals surface area contributed by atoms with Crippen LogP contribution < -0.4 is 0 Å². The highest BCUT2D eigenvalue weighted by Crippen LogP contribution is 2.39. The van der Waals surface area contributed by atoms with E-state index in [1.807, 2.05) is 0 Å². The predicted octanol–water partition coefficient (Wildman–Crippen LogP) is 2.46. The number of carboxylic acid groups (broad SMARTS) is 1. The van der Waals surface area contributed by atoms with E-state index in [9.17, 15) is 9.90 Å². The van der Waals surface area contributed by atoms with Gasteiger partial charge in [0.05, 0.1) is 12.1 Å². The van der Waals surface area contributed by atoms with E-state index in [0.717, 1.165) is 24.3 Å². The van der Waals surface area contributed by atoms with Gasteiger partial charge in [-0.1, -0.05) is 6.92 Å². The third-order valence-corrected chi connectivity index (χ3v) is 4.46. The van der Waals surface area contributed by atoms with E-state index in [1.54, 1.807) is 30.4 Å². The second kappa shape index (κ2) is 5.49. The highest BCUT2D eigenvalue weighted by molar-refractivity contribution is 7.99. The molecule has 0 saturated heterocycles. The molecule has 0 aliphatic heterocycles. The number of thioether (sulfide) groups is 1. The Morgan fingerprint density at radius 3 is 2.94 bits per heavy atom. The number of rotatable bonds is 3. The van der Waals surface area contributed by atoms with E-state index in [4.69, 9.17) is 0 Å². The van der Waals surface area contributed by atoms with Crippen LogP contribution in [-0.2, 0) is 4.79 Å². The van der Waals surface area contributed by atoms with E-state index >= 15 is 0 Å². The highest BCUT2D eigenvalue weighted by Gasteiger charge is 2.34. The van der Waals surface area contributed by atoms with Crippen molar-refractivity contribution in [1.29, 1.82) is 0 Å². The summed E-state index contributed by atoms with van der Waals surface area (Å²) in [6.45, 7) is 2.18. The lowest BCUT2D eigenvalue weighted by molar-refractivity contribution is -0.142.